The topological polar surface area (TPSA) is 58.6 Å². The van der Waals surface area contributed by atoms with Gasteiger partial charge in [0.15, 0.2) is 0 Å². The second kappa shape index (κ2) is 7.89. The van der Waals surface area contributed by atoms with E-state index >= 15 is 0 Å². The number of hydrogen-bond donors (Lipinski definition) is 2. The first-order chi connectivity index (χ1) is 11.0. The molecule has 7 heteroatoms. The normalized spacial score (nSPS) is 11.8. The Labute approximate surface area is 136 Å². The first-order valence-electron chi connectivity index (χ1n) is 6.75. The molecule has 0 radical (unpaired) electrons. The molecule has 0 aliphatic rings. The van der Waals surface area contributed by atoms with Crippen molar-refractivity contribution in [2.75, 3.05) is 13.2 Å². The van der Waals surface area contributed by atoms with Crippen LogP contribution in [0.15, 0.2) is 42.5 Å². The van der Waals surface area contributed by atoms with Crippen LogP contribution in [0.1, 0.15) is 10.4 Å². The SMILES string of the molecule is O=C(NCC(O)COc1ccc(F)cc1)c1ccc(Cl)c(F)c1. The Bertz CT molecular complexity index is 680. The van der Waals surface area contributed by atoms with Gasteiger partial charge >= 0.3 is 0 Å². The molecule has 0 heterocycles. The second-order valence-electron chi connectivity index (χ2n) is 4.76. The summed E-state index contributed by atoms with van der Waals surface area (Å²) in [4.78, 5) is 11.8. The van der Waals surface area contributed by atoms with Crippen LogP contribution in [0.3, 0.4) is 0 Å². The molecule has 1 unspecified atom stereocenters. The smallest absolute Gasteiger partial charge is 0.251 e. The fourth-order valence-electron chi connectivity index (χ4n) is 1.73. The van der Waals surface area contributed by atoms with Gasteiger partial charge in [0, 0.05) is 12.1 Å². The average Bonchev–Trinajstić information content (AvgIpc) is 2.54. The van der Waals surface area contributed by atoms with E-state index in [1.807, 2.05) is 0 Å². The Kier molecular flexibility index (Phi) is 5.90. The fraction of sp³-hybridized carbons (Fsp3) is 0.188. The van der Waals surface area contributed by atoms with Gasteiger partial charge in [-0.1, -0.05) is 11.6 Å². The third-order valence-corrected chi connectivity index (χ3v) is 3.24. The lowest BCUT2D eigenvalue weighted by molar-refractivity contribution is 0.0843. The van der Waals surface area contributed by atoms with Crippen molar-refractivity contribution < 1.29 is 23.4 Å². The highest BCUT2D eigenvalue weighted by atomic mass is 35.5. The van der Waals surface area contributed by atoms with Crippen molar-refractivity contribution in [3.8, 4) is 5.75 Å². The molecule has 4 nitrogen and oxygen atoms in total. The molecule has 122 valence electrons. The molecule has 0 saturated heterocycles. The van der Waals surface area contributed by atoms with E-state index in [9.17, 15) is 18.7 Å². The quantitative estimate of drug-likeness (QED) is 0.849. The van der Waals surface area contributed by atoms with Gasteiger partial charge in [-0.15, -0.1) is 0 Å². The van der Waals surface area contributed by atoms with Gasteiger partial charge in [0.25, 0.3) is 5.91 Å². The molecule has 2 rings (SSSR count). The van der Waals surface area contributed by atoms with Gasteiger partial charge in [-0.05, 0) is 42.5 Å². The number of carbonyl (C=O) groups is 1. The summed E-state index contributed by atoms with van der Waals surface area (Å²) in [5, 5.41) is 12.1. The minimum atomic E-state index is -0.971. The molecule has 2 N–H and O–H groups in total. The van der Waals surface area contributed by atoms with Crippen LogP contribution in [0.2, 0.25) is 5.02 Å². The number of rotatable bonds is 6. The van der Waals surface area contributed by atoms with Gasteiger partial charge in [0.1, 0.15) is 30.1 Å². The summed E-state index contributed by atoms with van der Waals surface area (Å²) in [5.74, 6) is -1.22. The maximum atomic E-state index is 13.3. The van der Waals surface area contributed by atoms with E-state index in [1.54, 1.807) is 0 Å². The van der Waals surface area contributed by atoms with Crippen LogP contribution in [0.5, 0.6) is 5.75 Å². The Morgan fingerprint density at radius 1 is 1.22 bits per heavy atom. The predicted molar refractivity (Wildman–Crippen MR) is 81.6 cm³/mol. The highest BCUT2D eigenvalue weighted by molar-refractivity contribution is 6.30. The fourth-order valence-corrected chi connectivity index (χ4v) is 1.85. The Hall–Kier alpha value is -2.18. The average molecular weight is 342 g/mol. The number of halogens is 3. The minimum Gasteiger partial charge on any atom is -0.491 e. The number of ether oxygens (including phenoxy) is 1. The van der Waals surface area contributed by atoms with Crippen molar-refractivity contribution in [3.63, 3.8) is 0 Å². The van der Waals surface area contributed by atoms with Crippen LogP contribution in [-0.4, -0.2) is 30.3 Å². The van der Waals surface area contributed by atoms with Gasteiger partial charge < -0.3 is 15.2 Å². The number of hydrogen-bond acceptors (Lipinski definition) is 3. The third-order valence-electron chi connectivity index (χ3n) is 2.94. The van der Waals surface area contributed by atoms with Gasteiger partial charge in [-0.3, -0.25) is 4.79 Å². The standard InChI is InChI=1S/C16H14ClF2NO3/c17-14-6-1-10(7-15(14)19)16(22)20-8-12(21)9-23-13-4-2-11(18)3-5-13/h1-7,12,21H,8-9H2,(H,20,22). The van der Waals surface area contributed by atoms with Crippen molar-refractivity contribution >= 4 is 17.5 Å². The zero-order valence-corrected chi connectivity index (χ0v) is 12.7. The second-order valence-corrected chi connectivity index (χ2v) is 5.16. The van der Waals surface area contributed by atoms with Crippen LogP contribution in [0, 0.1) is 11.6 Å². The molecule has 0 aliphatic heterocycles. The largest absolute Gasteiger partial charge is 0.491 e. The van der Waals surface area contributed by atoms with Crippen molar-refractivity contribution in [2.45, 2.75) is 6.10 Å². The molecule has 2 aromatic rings. The Balaban J connectivity index is 1.79. The molecule has 1 atom stereocenters. The van der Waals surface area contributed by atoms with Crippen molar-refractivity contribution in [1.29, 1.82) is 0 Å². The van der Waals surface area contributed by atoms with E-state index in [1.165, 1.54) is 36.4 Å². The summed E-state index contributed by atoms with van der Waals surface area (Å²) < 4.78 is 31.2. The first-order valence-corrected chi connectivity index (χ1v) is 7.13. The molecule has 0 saturated carbocycles. The molecular weight excluding hydrogens is 328 g/mol. The number of benzene rings is 2. The van der Waals surface area contributed by atoms with Gasteiger partial charge in [-0.2, -0.15) is 0 Å². The zero-order chi connectivity index (χ0) is 16.8. The van der Waals surface area contributed by atoms with Gasteiger partial charge in [0.05, 0.1) is 5.02 Å². The lowest BCUT2D eigenvalue weighted by Gasteiger charge is -2.13. The van der Waals surface area contributed by atoms with E-state index in [2.05, 4.69) is 5.32 Å². The van der Waals surface area contributed by atoms with Crippen LogP contribution in [0.25, 0.3) is 0 Å². The van der Waals surface area contributed by atoms with Crippen LogP contribution >= 0.6 is 11.6 Å². The summed E-state index contributed by atoms with van der Waals surface area (Å²) >= 11 is 5.54. The summed E-state index contributed by atoms with van der Waals surface area (Å²) in [7, 11) is 0. The number of nitrogens with one attached hydrogen (secondary N) is 1. The van der Waals surface area contributed by atoms with Crippen molar-refractivity contribution in [2.24, 2.45) is 0 Å². The molecule has 1 amide bonds. The van der Waals surface area contributed by atoms with E-state index < -0.39 is 17.8 Å². The highest BCUT2D eigenvalue weighted by Crippen LogP contribution is 2.15. The van der Waals surface area contributed by atoms with Crippen LogP contribution in [-0.2, 0) is 0 Å². The number of amides is 1. The molecule has 2 aromatic carbocycles. The van der Waals surface area contributed by atoms with Crippen molar-refractivity contribution in [1.82, 2.24) is 5.32 Å². The van der Waals surface area contributed by atoms with E-state index in [0.717, 1.165) is 6.07 Å². The highest BCUT2D eigenvalue weighted by Gasteiger charge is 2.11. The lowest BCUT2D eigenvalue weighted by atomic mass is 10.2. The molecule has 23 heavy (non-hydrogen) atoms. The molecule has 0 aromatic heterocycles. The van der Waals surface area contributed by atoms with Crippen LogP contribution in [0.4, 0.5) is 8.78 Å². The summed E-state index contributed by atoms with van der Waals surface area (Å²) in [5.41, 5.74) is 0.0959. The molecule has 0 aliphatic carbocycles. The minimum absolute atomic E-state index is 0.0747. The lowest BCUT2D eigenvalue weighted by Crippen LogP contribution is -2.35. The predicted octanol–water partition coefficient (Wildman–Crippen LogP) is 2.79. The monoisotopic (exact) mass is 341 g/mol. The number of carbonyl (C=O) groups excluding carboxylic acids is 1. The van der Waals surface area contributed by atoms with E-state index in [-0.39, 0.29) is 29.6 Å². The third kappa shape index (κ3) is 5.19. The van der Waals surface area contributed by atoms with Crippen molar-refractivity contribution in [3.05, 3.63) is 64.7 Å². The maximum Gasteiger partial charge on any atom is 0.251 e. The van der Waals surface area contributed by atoms with Crippen LogP contribution < -0.4 is 10.1 Å². The number of aliphatic hydroxyl groups excluding tert-OH is 1. The molecular formula is C16H14ClF2NO3. The van der Waals surface area contributed by atoms with E-state index in [0.29, 0.717) is 5.75 Å². The molecule has 0 bridgehead atoms. The van der Waals surface area contributed by atoms with Gasteiger partial charge in [-0.25, -0.2) is 8.78 Å². The Morgan fingerprint density at radius 2 is 1.91 bits per heavy atom. The summed E-state index contributed by atoms with van der Waals surface area (Å²) in [6.45, 7) is -0.162. The molecule has 0 fully saturated rings. The van der Waals surface area contributed by atoms with Gasteiger partial charge in [0.2, 0.25) is 0 Å². The maximum absolute atomic E-state index is 13.3. The molecule has 0 spiro atoms. The Morgan fingerprint density at radius 3 is 2.57 bits per heavy atom. The van der Waals surface area contributed by atoms with E-state index in [4.69, 9.17) is 16.3 Å². The zero-order valence-electron chi connectivity index (χ0n) is 11.9. The number of aliphatic hydroxyl groups is 1. The first kappa shape index (κ1) is 17.2. The summed E-state index contributed by atoms with van der Waals surface area (Å²) in [6.07, 6.45) is -0.971. The summed E-state index contributed by atoms with van der Waals surface area (Å²) in [6, 6.07) is 8.99.